The van der Waals surface area contributed by atoms with Crippen LogP contribution in [0.1, 0.15) is 58.8 Å². The Kier molecular flexibility index (Phi) is 4.90. The number of hydrogen-bond acceptors (Lipinski definition) is 1. The predicted molar refractivity (Wildman–Crippen MR) is 74.6 cm³/mol. The second-order valence-corrected chi connectivity index (χ2v) is 6.05. The van der Waals surface area contributed by atoms with Gasteiger partial charge in [-0.05, 0) is 38.5 Å². The summed E-state index contributed by atoms with van der Waals surface area (Å²) in [5.74, 6) is 0.674. The van der Waals surface area contributed by atoms with E-state index in [2.05, 4.69) is 23.6 Å². The second kappa shape index (κ2) is 6.44. The first kappa shape index (κ1) is 13.7. The molecule has 1 heterocycles. The van der Waals surface area contributed by atoms with Crippen molar-refractivity contribution in [3.63, 3.8) is 0 Å². The third-order valence-corrected chi connectivity index (χ3v) is 4.53. The largest absolute Gasteiger partial charge is 0.324 e. The molecule has 1 atom stereocenters. The lowest BCUT2D eigenvalue weighted by Gasteiger charge is -2.39. The Morgan fingerprint density at radius 2 is 1.89 bits per heavy atom. The van der Waals surface area contributed by atoms with Gasteiger partial charge < -0.3 is 9.80 Å². The van der Waals surface area contributed by atoms with Crippen molar-refractivity contribution in [2.45, 2.75) is 64.8 Å². The van der Waals surface area contributed by atoms with E-state index in [1.165, 1.54) is 44.9 Å². The van der Waals surface area contributed by atoms with Gasteiger partial charge >= 0.3 is 6.03 Å². The van der Waals surface area contributed by atoms with Crippen LogP contribution in [-0.4, -0.2) is 41.5 Å². The molecule has 0 aromatic carbocycles. The quantitative estimate of drug-likeness (QED) is 0.738. The summed E-state index contributed by atoms with van der Waals surface area (Å²) >= 11 is 0. The van der Waals surface area contributed by atoms with Crippen molar-refractivity contribution < 1.29 is 4.79 Å². The molecule has 1 unspecified atom stereocenters. The Labute approximate surface area is 112 Å². The molecule has 1 saturated heterocycles. The molecule has 2 aliphatic rings. The highest BCUT2D eigenvalue weighted by molar-refractivity contribution is 5.75. The van der Waals surface area contributed by atoms with Crippen molar-refractivity contribution in [3.05, 3.63) is 0 Å². The fraction of sp³-hybridized carbons (Fsp3) is 0.933. The molecule has 0 aromatic rings. The van der Waals surface area contributed by atoms with Gasteiger partial charge in [0.1, 0.15) is 0 Å². The third-order valence-electron chi connectivity index (χ3n) is 4.53. The monoisotopic (exact) mass is 252 g/mol. The van der Waals surface area contributed by atoms with E-state index in [0.717, 1.165) is 19.6 Å². The summed E-state index contributed by atoms with van der Waals surface area (Å²) in [6, 6.07) is 0.810. The van der Waals surface area contributed by atoms with E-state index < -0.39 is 0 Å². The lowest BCUT2D eigenvalue weighted by molar-refractivity contribution is 0.107. The van der Waals surface area contributed by atoms with Crippen LogP contribution in [0.2, 0.25) is 0 Å². The van der Waals surface area contributed by atoms with Crippen LogP contribution in [0.15, 0.2) is 0 Å². The smallest absolute Gasteiger partial charge is 0.320 e. The number of piperidine rings is 1. The van der Waals surface area contributed by atoms with Crippen LogP contribution < -0.4 is 0 Å². The van der Waals surface area contributed by atoms with Crippen LogP contribution >= 0.6 is 0 Å². The van der Waals surface area contributed by atoms with Crippen molar-refractivity contribution in [1.29, 1.82) is 0 Å². The van der Waals surface area contributed by atoms with E-state index in [1.54, 1.807) is 0 Å². The Morgan fingerprint density at radius 3 is 2.50 bits per heavy atom. The van der Waals surface area contributed by atoms with Gasteiger partial charge in [-0.25, -0.2) is 4.79 Å². The number of urea groups is 1. The van der Waals surface area contributed by atoms with Gasteiger partial charge in [-0.15, -0.1) is 0 Å². The number of rotatable bonds is 2. The van der Waals surface area contributed by atoms with E-state index in [1.807, 2.05) is 0 Å². The van der Waals surface area contributed by atoms with Crippen molar-refractivity contribution in [2.75, 3.05) is 19.6 Å². The molecule has 1 aliphatic carbocycles. The molecule has 104 valence electrons. The molecule has 0 N–H and O–H groups in total. The van der Waals surface area contributed by atoms with Crippen LogP contribution in [0.25, 0.3) is 0 Å². The van der Waals surface area contributed by atoms with Gasteiger partial charge in [0.2, 0.25) is 0 Å². The molecular weight excluding hydrogens is 224 g/mol. The molecule has 0 spiro atoms. The minimum absolute atomic E-state index is 0.302. The normalized spacial score (nSPS) is 26.1. The average molecular weight is 252 g/mol. The maximum absolute atomic E-state index is 12.6. The lowest BCUT2D eigenvalue weighted by Crippen LogP contribution is -2.51. The molecule has 3 heteroatoms. The summed E-state index contributed by atoms with van der Waals surface area (Å²) < 4.78 is 0. The van der Waals surface area contributed by atoms with Crippen molar-refractivity contribution in [1.82, 2.24) is 9.80 Å². The molecule has 2 fully saturated rings. The predicted octanol–water partition coefficient (Wildman–Crippen LogP) is 3.49. The minimum atomic E-state index is 0.302. The van der Waals surface area contributed by atoms with E-state index in [-0.39, 0.29) is 0 Å². The molecule has 0 radical (unpaired) electrons. The molecular formula is C15H28N2O. The Morgan fingerprint density at radius 1 is 1.17 bits per heavy atom. The van der Waals surface area contributed by atoms with E-state index in [0.29, 0.717) is 18.0 Å². The SMILES string of the molecule is CCN(C(=O)N1CCCC(C)C1)C1CCCCC1. The zero-order chi connectivity index (χ0) is 13.0. The van der Waals surface area contributed by atoms with E-state index in [9.17, 15) is 4.79 Å². The number of nitrogens with zero attached hydrogens (tertiary/aromatic N) is 2. The summed E-state index contributed by atoms with van der Waals surface area (Å²) in [5, 5.41) is 0. The summed E-state index contributed by atoms with van der Waals surface area (Å²) in [6.45, 7) is 7.18. The number of amides is 2. The van der Waals surface area contributed by atoms with E-state index in [4.69, 9.17) is 0 Å². The fourth-order valence-corrected chi connectivity index (χ4v) is 3.49. The van der Waals surface area contributed by atoms with Crippen LogP contribution in [0.3, 0.4) is 0 Å². The molecule has 2 rings (SSSR count). The fourth-order valence-electron chi connectivity index (χ4n) is 3.49. The average Bonchev–Trinajstić information content (AvgIpc) is 2.41. The van der Waals surface area contributed by atoms with E-state index >= 15 is 0 Å². The van der Waals surface area contributed by atoms with Crippen LogP contribution in [-0.2, 0) is 0 Å². The maximum Gasteiger partial charge on any atom is 0.320 e. The number of likely N-dealkylation sites (tertiary alicyclic amines) is 1. The minimum Gasteiger partial charge on any atom is -0.324 e. The van der Waals surface area contributed by atoms with Gasteiger partial charge in [0.25, 0.3) is 0 Å². The molecule has 18 heavy (non-hydrogen) atoms. The van der Waals surface area contributed by atoms with Crippen molar-refractivity contribution >= 4 is 6.03 Å². The van der Waals surface area contributed by atoms with Crippen molar-refractivity contribution in [2.24, 2.45) is 5.92 Å². The Hall–Kier alpha value is -0.730. The molecule has 1 aliphatic heterocycles. The van der Waals surface area contributed by atoms with Gasteiger partial charge in [0.05, 0.1) is 0 Å². The van der Waals surface area contributed by atoms with Gasteiger partial charge in [0, 0.05) is 25.7 Å². The van der Waals surface area contributed by atoms with Crippen LogP contribution in [0, 0.1) is 5.92 Å². The number of carbonyl (C=O) groups excluding carboxylic acids is 1. The summed E-state index contributed by atoms with van der Waals surface area (Å²) in [6.07, 6.45) is 8.82. The zero-order valence-electron chi connectivity index (χ0n) is 12.0. The second-order valence-electron chi connectivity index (χ2n) is 6.05. The summed E-state index contributed by atoms with van der Waals surface area (Å²) in [7, 11) is 0. The highest BCUT2D eigenvalue weighted by Crippen LogP contribution is 2.25. The number of carbonyl (C=O) groups is 1. The molecule has 0 aromatic heterocycles. The summed E-state index contributed by atoms with van der Waals surface area (Å²) in [4.78, 5) is 16.9. The van der Waals surface area contributed by atoms with Gasteiger partial charge in [-0.3, -0.25) is 0 Å². The topological polar surface area (TPSA) is 23.6 Å². The number of hydrogen-bond donors (Lipinski definition) is 0. The maximum atomic E-state index is 12.6. The van der Waals surface area contributed by atoms with Crippen LogP contribution in [0.4, 0.5) is 4.79 Å². The molecule has 1 saturated carbocycles. The standard InChI is InChI=1S/C15H28N2O/c1-3-17(14-9-5-4-6-10-14)15(18)16-11-7-8-13(2)12-16/h13-14H,3-12H2,1-2H3. The molecule has 2 amide bonds. The zero-order valence-corrected chi connectivity index (χ0v) is 12.0. The van der Waals surface area contributed by atoms with Gasteiger partial charge in [-0.2, -0.15) is 0 Å². The van der Waals surface area contributed by atoms with Crippen LogP contribution in [0.5, 0.6) is 0 Å². The Balaban J connectivity index is 1.95. The highest BCUT2D eigenvalue weighted by Gasteiger charge is 2.29. The Bertz CT molecular complexity index is 274. The first-order chi connectivity index (χ1) is 8.72. The first-order valence-corrected chi connectivity index (χ1v) is 7.78. The first-order valence-electron chi connectivity index (χ1n) is 7.78. The molecule has 0 bridgehead atoms. The highest BCUT2D eigenvalue weighted by atomic mass is 16.2. The summed E-state index contributed by atoms with van der Waals surface area (Å²) in [5.41, 5.74) is 0. The van der Waals surface area contributed by atoms with Gasteiger partial charge in [0.15, 0.2) is 0 Å². The lowest BCUT2D eigenvalue weighted by atomic mass is 9.94. The third kappa shape index (κ3) is 3.18. The molecule has 3 nitrogen and oxygen atoms in total. The van der Waals surface area contributed by atoms with Crippen molar-refractivity contribution in [3.8, 4) is 0 Å². The van der Waals surface area contributed by atoms with Gasteiger partial charge in [-0.1, -0.05) is 26.2 Å².